The average Bonchev–Trinajstić information content (AvgIpc) is 3.05. The monoisotopic (exact) mass is 406 g/mol. The first-order chi connectivity index (χ1) is 15.1. The highest BCUT2D eigenvalue weighted by atomic mass is 16.2. The summed E-state index contributed by atoms with van der Waals surface area (Å²) >= 11 is 0. The zero-order valence-electron chi connectivity index (χ0n) is 17.5. The third-order valence-corrected chi connectivity index (χ3v) is 5.50. The van der Waals surface area contributed by atoms with E-state index in [1.165, 1.54) is 0 Å². The van der Waals surface area contributed by atoms with Gasteiger partial charge in [-0.1, -0.05) is 54.6 Å². The maximum absolute atomic E-state index is 12.5. The lowest BCUT2D eigenvalue weighted by Gasteiger charge is -2.10. The molecule has 0 bridgehead atoms. The Morgan fingerprint density at radius 3 is 2.55 bits per heavy atom. The molecule has 0 unspecified atom stereocenters. The van der Waals surface area contributed by atoms with Crippen molar-refractivity contribution in [2.24, 2.45) is 5.10 Å². The first-order valence-electron chi connectivity index (χ1n) is 10.0. The molecule has 3 aromatic carbocycles. The van der Waals surface area contributed by atoms with Crippen molar-refractivity contribution in [3.8, 4) is 6.07 Å². The third-order valence-electron chi connectivity index (χ3n) is 5.50. The first kappa shape index (κ1) is 20.1. The van der Waals surface area contributed by atoms with Gasteiger partial charge >= 0.3 is 0 Å². The summed E-state index contributed by atoms with van der Waals surface area (Å²) < 4.78 is 2.18. The highest BCUT2D eigenvalue weighted by molar-refractivity contribution is 6.02. The fourth-order valence-electron chi connectivity index (χ4n) is 3.81. The standard InChI is InChI=1S/C26H22N4O/c1-18-9-3-6-12-22(18)26(31)29-28-16-24-19(2)30(25-14-8-7-13-23(24)25)17-21-11-5-4-10-20(21)15-27/h3-14,16H,17H2,1-2H3,(H,29,31)/b28-16-. The van der Waals surface area contributed by atoms with E-state index in [1.54, 1.807) is 12.3 Å². The predicted octanol–water partition coefficient (Wildman–Crippen LogP) is 4.94. The maximum Gasteiger partial charge on any atom is 0.271 e. The van der Waals surface area contributed by atoms with Crippen molar-refractivity contribution in [3.63, 3.8) is 0 Å². The molecule has 0 aliphatic carbocycles. The van der Waals surface area contributed by atoms with Gasteiger partial charge in [-0.05, 0) is 43.2 Å². The molecule has 1 amide bonds. The van der Waals surface area contributed by atoms with E-state index in [9.17, 15) is 10.1 Å². The number of nitrogens with one attached hydrogen (secondary N) is 1. The lowest BCUT2D eigenvalue weighted by atomic mass is 10.1. The number of hydrogen-bond donors (Lipinski definition) is 1. The zero-order valence-corrected chi connectivity index (χ0v) is 17.5. The minimum absolute atomic E-state index is 0.237. The number of rotatable bonds is 5. The highest BCUT2D eigenvalue weighted by Gasteiger charge is 2.14. The number of aromatic nitrogens is 1. The van der Waals surface area contributed by atoms with Gasteiger partial charge in [-0.2, -0.15) is 10.4 Å². The van der Waals surface area contributed by atoms with Crippen LogP contribution in [0.4, 0.5) is 0 Å². The van der Waals surface area contributed by atoms with Gasteiger partial charge in [-0.15, -0.1) is 0 Å². The SMILES string of the molecule is Cc1ccccc1C(=O)N/N=C\c1c(C)n(Cc2ccccc2C#N)c2ccccc12. The van der Waals surface area contributed by atoms with Gasteiger partial charge in [0.05, 0.1) is 17.8 Å². The molecule has 0 atom stereocenters. The maximum atomic E-state index is 12.5. The molecule has 1 heterocycles. The van der Waals surface area contributed by atoms with E-state index < -0.39 is 0 Å². The Labute approximate surface area is 181 Å². The number of aryl methyl sites for hydroxylation is 1. The Bertz CT molecular complexity index is 1340. The van der Waals surface area contributed by atoms with Crippen LogP contribution in [0.15, 0.2) is 77.9 Å². The van der Waals surface area contributed by atoms with Gasteiger partial charge in [0.15, 0.2) is 0 Å². The molecule has 4 rings (SSSR count). The van der Waals surface area contributed by atoms with Crippen LogP contribution in [0.1, 0.15) is 38.3 Å². The second kappa shape index (κ2) is 8.68. The molecule has 5 nitrogen and oxygen atoms in total. The summed E-state index contributed by atoms with van der Waals surface area (Å²) in [5, 5.41) is 14.7. The van der Waals surface area contributed by atoms with Crippen LogP contribution in [-0.2, 0) is 6.54 Å². The van der Waals surface area contributed by atoms with Gasteiger partial charge in [0, 0.05) is 34.3 Å². The van der Waals surface area contributed by atoms with E-state index in [-0.39, 0.29) is 5.91 Å². The molecule has 0 saturated carbocycles. The van der Waals surface area contributed by atoms with Crippen molar-refractivity contribution in [1.29, 1.82) is 5.26 Å². The van der Waals surface area contributed by atoms with Crippen molar-refractivity contribution in [3.05, 3.63) is 106 Å². The van der Waals surface area contributed by atoms with Crippen LogP contribution in [-0.4, -0.2) is 16.7 Å². The van der Waals surface area contributed by atoms with Crippen LogP contribution < -0.4 is 5.43 Å². The molecule has 0 saturated heterocycles. The Hall–Kier alpha value is -4.17. The van der Waals surface area contributed by atoms with Crippen LogP contribution in [0.3, 0.4) is 0 Å². The van der Waals surface area contributed by atoms with Crippen LogP contribution in [0.25, 0.3) is 10.9 Å². The summed E-state index contributed by atoms with van der Waals surface area (Å²) in [5.41, 5.74) is 8.78. The second-order valence-corrected chi connectivity index (χ2v) is 7.39. The Morgan fingerprint density at radius 1 is 1.03 bits per heavy atom. The number of carbonyl (C=O) groups is 1. The summed E-state index contributed by atoms with van der Waals surface area (Å²) in [6, 6.07) is 25.4. The van der Waals surface area contributed by atoms with Crippen LogP contribution >= 0.6 is 0 Å². The average molecular weight is 406 g/mol. The highest BCUT2D eigenvalue weighted by Crippen LogP contribution is 2.26. The summed E-state index contributed by atoms with van der Waals surface area (Å²) in [5.74, 6) is -0.237. The van der Waals surface area contributed by atoms with E-state index >= 15 is 0 Å². The van der Waals surface area contributed by atoms with E-state index in [4.69, 9.17) is 0 Å². The van der Waals surface area contributed by atoms with Gasteiger partial charge in [0.2, 0.25) is 0 Å². The van der Waals surface area contributed by atoms with Gasteiger partial charge < -0.3 is 4.57 Å². The van der Waals surface area contributed by atoms with E-state index in [0.29, 0.717) is 17.7 Å². The molecule has 0 spiro atoms. The van der Waals surface area contributed by atoms with Gasteiger partial charge in [0.25, 0.3) is 5.91 Å². The summed E-state index contributed by atoms with van der Waals surface area (Å²) in [4.78, 5) is 12.5. The van der Waals surface area contributed by atoms with Gasteiger partial charge in [-0.3, -0.25) is 4.79 Å². The Morgan fingerprint density at radius 2 is 1.74 bits per heavy atom. The lowest BCUT2D eigenvalue weighted by Crippen LogP contribution is -2.18. The van der Waals surface area contributed by atoms with Crippen molar-refractivity contribution >= 4 is 23.0 Å². The smallest absolute Gasteiger partial charge is 0.271 e. The van der Waals surface area contributed by atoms with Crippen molar-refractivity contribution in [2.45, 2.75) is 20.4 Å². The van der Waals surface area contributed by atoms with Gasteiger partial charge in [0.1, 0.15) is 0 Å². The van der Waals surface area contributed by atoms with Crippen molar-refractivity contribution in [1.82, 2.24) is 9.99 Å². The topological polar surface area (TPSA) is 70.2 Å². The molecule has 0 radical (unpaired) electrons. The second-order valence-electron chi connectivity index (χ2n) is 7.39. The zero-order chi connectivity index (χ0) is 21.8. The molecule has 1 aromatic heterocycles. The molecule has 1 N–H and O–H groups in total. The number of hydrazone groups is 1. The lowest BCUT2D eigenvalue weighted by molar-refractivity contribution is 0.0954. The number of nitrogens with zero attached hydrogens (tertiary/aromatic N) is 3. The van der Waals surface area contributed by atoms with E-state index in [0.717, 1.165) is 33.3 Å². The number of amides is 1. The summed E-state index contributed by atoms with van der Waals surface area (Å²) in [7, 11) is 0. The van der Waals surface area contributed by atoms with Crippen molar-refractivity contribution < 1.29 is 4.79 Å². The fraction of sp³-hybridized carbons (Fsp3) is 0.115. The van der Waals surface area contributed by atoms with E-state index in [2.05, 4.69) is 27.2 Å². The van der Waals surface area contributed by atoms with Crippen LogP contribution in [0.2, 0.25) is 0 Å². The predicted molar refractivity (Wildman–Crippen MR) is 123 cm³/mol. The number of carbonyl (C=O) groups excluding carboxylic acids is 1. The number of benzene rings is 3. The number of nitriles is 1. The molecule has 0 aliphatic rings. The Kier molecular flexibility index (Phi) is 5.63. The minimum atomic E-state index is -0.237. The van der Waals surface area contributed by atoms with Crippen LogP contribution in [0.5, 0.6) is 0 Å². The molecule has 4 aromatic rings. The molecule has 0 fully saturated rings. The molecule has 5 heteroatoms. The quantitative estimate of drug-likeness (QED) is 0.377. The normalized spacial score (nSPS) is 11.0. The first-order valence-corrected chi connectivity index (χ1v) is 10.0. The number of fused-ring (bicyclic) bond motifs is 1. The number of hydrogen-bond acceptors (Lipinski definition) is 3. The van der Waals surface area contributed by atoms with E-state index in [1.807, 2.05) is 74.5 Å². The summed E-state index contributed by atoms with van der Waals surface area (Å²) in [6.07, 6.45) is 1.69. The third kappa shape index (κ3) is 3.96. The van der Waals surface area contributed by atoms with Crippen molar-refractivity contribution in [2.75, 3.05) is 0 Å². The molecular weight excluding hydrogens is 384 g/mol. The molecule has 31 heavy (non-hydrogen) atoms. The minimum Gasteiger partial charge on any atom is -0.340 e. The van der Waals surface area contributed by atoms with Crippen LogP contribution in [0, 0.1) is 25.2 Å². The number of para-hydroxylation sites is 1. The Balaban J connectivity index is 1.67. The fourth-order valence-corrected chi connectivity index (χ4v) is 3.81. The largest absolute Gasteiger partial charge is 0.340 e. The molecule has 152 valence electrons. The molecular formula is C26H22N4O. The summed E-state index contributed by atoms with van der Waals surface area (Å²) in [6.45, 7) is 4.51. The molecule has 0 aliphatic heterocycles. The van der Waals surface area contributed by atoms with Gasteiger partial charge in [-0.25, -0.2) is 5.43 Å².